The topological polar surface area (TPSA) is 59.6 Å². The van der Waals surface area contributed by atoms with Gasteiger partial charge in [-0.2, -0.15) is 0 Å². The number of hydrogen-bond acceptors (Lipinski definition) is 3. The minimum absolute atomic E-state index is 0.246. The van der Waals surface area contributed by atoms with E-state index in [4.69, 9.17) is 9.47 Å². The molecule has 0 spiro atoms. The fourth-order valence-corrected chi connectivity index (χ4v) is 3.27. The Morgan fingerprint density at radius 1 is 0.828 bits per heavy atom. The van der Waals surface area contributed by atoms with Crippen LogP contribution in [0.3, 0.4) is 0 Å². The van der Waals surface area contributed by atoms with Gasteiger partial charge in [0.05, 0.1) is 13.2 Å². The molecule has 3 aromatic carbocycles. The molecule has 0 aliphatic heterocycles. The summed E-state index contributed by atoms with van der Waals surface area (Å²) in [5, 5.41) is 6.00. The number of benzene rings is 3. The second kappa shape index (κ2) is 10.3. The summed E-state index contributed by atoms with van der Waals surface area (Å²) in [6.45, 7) is 0.318. The molecule has 3 rings (SSSR count). The maximum absolute atomic E-state index is 12.7. The molecule has 29 heavy (non-hydrogen) atoms. The largest absolute Gasteiger partial charge is 0.496 e. The van der Waals surface area contributed by atoms with Crippen molar-refractivity contribution in [2.45, 2.75) is 12.1 Å². The molecule has 1 unspecified atom stereocenters. The minimum Gasteiger partial charge on any atom is -0.496 e. The summed E-state index contributed by atoms with van der Waals surface area (Å²) < 4.78 is 11.0. The van der Waals surface area contributed by atoms with Gasteiger partial charge >= 0.3 is 6.03 Å². The number of hydrogen-bond donors (Lipinski definition) is 2. The van der Waals surface area contributed by atoms with E-state index in [2.05, 4.69) is 10.6 Å². The zero-order valence-electron chi connectivity index (χ0n) is 16.7. The van der Waals surface area contributed by atoms with Crippen molar-refractivity contribution in [2.75, 3.05) is 20.8 Å². The highest BCUT2D eigenvalue weighted by atomic mass is 16.5. The van der Waals surface area contributed by atoms with E-state index in [9.17, 15) is 4.79 Å². The summed E-state index contributed by atoms with van der Waals surface area (Å²) in [4.78, 5) is 12.7. The Labute approximate surface area is 171 Å². The van der Waals surface area contributed by atoms with Crippen LogP contribution in [0.15, 0.2) is 84.9 Å². The van der Waals surface area contributed by atoms with Crippen LogP contribution >= 0.6 is 0 Å². The molecule has 0 aliphatic rings. The van der Waals surface area contributed by atoms with E-state index in [0.717, 1.165) is 22.4 Å². The predicted octanol–water partition coefficient (Wildman–Crippen LogP) is 4.47. The van der Waals surface area contributed by atoms with Crippen LogP contribution in [0, 0.1) is 0 Å². The minimum atomic E-state index is -0.316. The lowest BCUT2D eigenvalue weighted by Crippen LogP contribution is -2.40. The van der Waals surface area contributed by atoms with Crippen LogP contribution < -0.4 is 15.4 Å². The van der Waals surface area contributed by atoms with Gasteiger partial charge in [0.25, 0.3) is 0 Å². The Balaban J connectivity index is 1.70. The normalized spacial score (nSPS) is 11.7. The first kappa shape index (κ1) is 20.4. The van der Waals surface area contributed by atoms with Gasteiger partial charge in [0, 0.05) is 19.2 Å². The summed E-state index contributed by atoms with van der Waals surface area (Å²) in [5.74, 6) is 0.730. The average Bonchev–Trinajstić information content (AvgIpc) is 2.79. The highest BCUT2D eigenvalue weighted by molar-refractivity contribution is 5.75. The number of rotatable bonds is 8. The van der Waals surface area contributed by atoms with Crippen molar-refractivity contribution in [1.29, 1.82) is 0 Å². The fraction of sp³-hybridized carbons (Fsp3) is 0.208. The number of amides is 2. The molecular weight excluding hydrogens is 364 g/mol. The Morgan fingerprint density at radius 2 is 1.38 bits per heavy atom. The molecule has 2 N–H and O–H groups in total. The number of carbonyl (C=O) groups excluding carboxylic acids is 1. The van der Waals surface area contributed by atoms with Crippen molar-refractivity contribution in [2.24, 2.45) is 0 Å². The smallest absolute Gasteiger partial charge is 0.315 e. The molecule has 0 heterocycles. The van der Waals surface area contributed by atoms with Gasteiger partial charge in [-0.25, -0.2) is 4.79 Å². The summed E-state index contributed by atoms with van der Waals surface area (Å²) in [7, 11) is 3.24. The average molecular weight is 390 g/mol. The quantitative estimate of drug-likeness (QED) is 0.597. The van der Waals surface area contributed by atoms with Gasteiger partial charge in [0.15, 0.2) is 0 Å². The van der Waals surface area contributed by atoms with Crippen LogP contribution in [0.2, 0.25) is 0 Å². The lowest BCUT2D eigenvalue weighted by atomic mass is 9.99. The van der Waals surface area contributed by atoms with Gasteiger partial charge in [0.2, 0.25) is 0 Å². The standard InChI is InChI=1S/C24H26N2O3/c1-28-21-16-10-9-15-20(21)22(29-2)17-25-24(27)26-23(18-11-5-3-6-12-18)19-13-7-4-8-14-19/h3-16,22-23H,17H2,1-2H3,(H2,25,26,27). The molecule has 5 nitrogen and oxygen atoms in total. The zero-order valence-corrected chi connectivity index (χ0v) is 16.7. The number of urea groups is 1. The molecule has 2 amide bonds. The maximum Gasteiger partial charge on any atom is 0.315 e. The number of carbonyl (C=O) groups is 1. The number of ether oxygens (including phenoxy) is 2. The number of methoxy groups -OCH3 is 2. The van der Waals surface area contributed by atoms with Gasteiger partial charge < -0.3 is 20.1 Å². The van der Waals surface area contributed by atoms with Crippen molar-refractivity contribution >= 4 is 6.03 Å². The lowest BCUT2D eigenvalue weighted by Gasteiger charge is -2.22. The first-order valence-corrected chi connectivity index (χ1v) is 9.53. The monoisotopic (exact) mass is 390 g/mol. The van der Waals surface area contributed by atoms with Crippen molar-refractivity contribution in [1.82, 2.24) is 10.6 Å². The van der Waals surface area contributed by atoms with E-state index in [0.29, 0.717) is 6.54 Å². The first-order chi connectivity index (χ1) is 14.2. The van der Waals surface area contributed by atoms with E-state index in [1.807, 2.05) is 84.9 Å². The predicted molar refractivity (Wildman–Crippen MR) is 114 cm³/mol. The molecule has 1 atom stereocenters. The van der Waals surface area contributed by atoms with E-state index in [-0.39, 0.29) is 18.2 Å². The Bertz CT molecular complexity index is 861. The number of para-hydroxylation sites is 1. The van der Waals surface area contributed by atoms with Crippen LogP contribution in [-0.4, -0.2) is 26.8 Å². The third-order valence-electron chi connectivity index (χ3n) is 4.76. The van der Waals surface area contributed by atoms with Crippen molar-refractivity contribution in [3.63, 3.8) is 0 Å². The van der Waals surface area contributed by atoms with Crippen LogP contribution in [0.1, 0.15) is 28.8 Å². The van der Waals surface area contributed by atoms with Gasteiger partial charge in [0.1, 0.15) is 11.9 Å². The Morgan fingerprint density at radius 3 is 1.93 bits per heavy atom. The molecule has 5 heteroatoms. The molecule has 0 saturated carbocycles. The van der Waals surface area contributed by atoms with Crippen LogP contribution in [0.25, 0.3) is 0 Å². The molecule has 0 aliphatic carbocycles. The van der Waals surface area contributed by atoms with Crippen LogP contribution in [0.5, 0.6) is 5.75 Å². The van der Waals surface area contributed by atoms with Gasteiger partial charge in [-0.05, 0) is 17.2 Å². The molecule has 0 bridgehead atoms. The van der Waals surface area contributed by atoms with Crippen molar-refractivity contribution in [3.05, 3.63) is 102 Å². The highest BCUT2D eigenvalue weighted by Gasteiger charge is 2.19. The van der Waals surface area contributed by atoms with E-state index in [1.165, 1.54) is 0 Å². The molecular formula is C24H26N2O3. The van der Waals surface area contributed by atoms with E-state index >= 15 is 0 Å². The molecule has 150 valence electrons. The first-order valence-electron chi connectivity index (χ1n) is 9.53. The van der Waals surface area contributed by atoms with Crippen LogP contribution in [-0.2, 0) is 4.74 Å². The Hall–Kier alpha value is -3.31. The third kappa shape index (κ3) is 5.36. The third-order valence-corrected chi connectivity index (χ3v) is 4.76. The molecule has 0 fully saturated rings. The number of nitrogens with one attached hydrogen (secondary N) is 2. The summed E-state index contributed by atoms with van der Waals surface area (Å²) >= 11 is 0. The van der Waals surface area contributed by atoms with Gasteiger partial charge in [-0.1, -0.05) is 78.9 Å². The zero-order chi connectivity index (χ0) is 20.5. The van der Waals surface area contributed by atoms with Gasteiger partial charge in [-0.3, -0.25) is 0 Å². The lowest BCUT2D eigenvalue weighted by molar-refractivity contribution is 0.101. The van der Waals surface area contributed by atoms with Crippen molar-refractivity contribution in [3.8, 4) is 5.75 Å². The summed E-state index contributed by atoms with van der Waals surface area (Å²) in [6, 6.07) is 26.9. The SMILES string of the molecule is COc1ccccc1C(CNC(=O)NC(c1ccccc1)c1ccccc1)OC. The Kier molecular flexibility index (Phi) is 7.25. The highest BCUT2D eigenvalue weighted by Crippen LogP contribution is 2.26. The summed E-state index contributed by atoms with van der Waals surface area (Å²) in [6.07, 6.45) is -0.316. The van der Waals surface area contributed by atoms with Crippen molar-refractivity contribution < 1.29 is 14.3 Å². The second-order valence-corrected chi connectivity index (χ2v) is 6.58. The maximum atomic E-state index is 12.7. The van der Waals surface area contributed by atoms with E-state index < -0.39 is 0 Å². The fourth-order valence-electron chi connectivity index (χ4n) is 3.27. The van der Waals surface area contributed by atoms with E-state index in [1.54, 1.807) is 14.2 Å². The summed E-state index contributed by atoms with van der Waals surface area (Å²) in [5.41, 5.74) is 2.92. The molecule has 0 saturated heterocycles. The second-order valence-electron chi connectivity index (χ2n) is 6.58. The molecule has 0 radical (unpaired) electrons. The molecule has 3 aromatic rings. The van der Waals surface area contributed by atoms with Crippen LogP contribution in [0.4, 0.5) is 4.79 Å². The molecule has 0 aromatic heterocycles. The van der Waals surface area contributed by atoms with Gasteiger partial charge in [-0.15, -0.1) is 0 Å².